The molecule has 3 saturated carbocycles. The van der Waals surface area contributed by atoms with E-state index in [2.05, 4.69) is 67.8 Å². The fraction of sp³-hybridized carbons (Fsp3) is 0.206. The molecular formula is C63H58ClN15O6. The number of nitrogens with one attached hydrogen (secondary N) is 3. The first-order valence-electron chi connectivity index (χ1n) is 27.4. The molecule has 21 nitrogen and oxygen atoms in total. The Morgan fingerprint density at radius 1 is 0.506 bits per heavy atom. The third-order valence-corrected chi connectivity index (χ3v) is 13.3. The van der Waals surface area contributed by atoms with Crippen molar-refractivity contribution in [2.45, 2.75) is 58.7 Å². The molecule has 8 aromatic heterocycles. The van der Waals surface area contributed by atoms with E-state index >= 15 is 0 Å². The summed E-state index contributed by atoms with van der Waals surface area (Å²) in [5.41, 5.74) is 9.57. The van der Waals surface area contributed by atoms with Crippen molar-refractivity contribution in [1.29, 1.82) is 5.26 Å². The van der Waals surface area contributed by atoms with Crippen LogP contribution in [-0.2, 0) is 27.6 Å². The van der Waals surface area contributed by atoms with Crippen molar-refractivity contribution >= 4 is 64.1 Å². The summed E-state index contributed by atoms with van der Waals surface area (Å²) in [4.78, 5) is 57.2. The van der Waals surface area contributed by atoms with Gasteiger partial charge in [-0.05, 0) is 160 Å². The molecule has 14 rings (SSSR count). The molecule has 3 aliphatic rings. The molecule has 0 spiro atoms. The van der Waals surface area contributed by atoms with Gasteiger partial charge in [0.2, 0.25) is 35.6 Å². The van der Waals surface area contributed by atoms with Gasteiger partial charge in [-0.1, -0.05) is 30.3 Å². The van der Waals surface area contributed by atoms with Crippen LogP contribution in [0.15, 0.2) is 176 Å². The number of carbonyl (C=O) groups is 3. The Labute approximate surface area is 493 Å². The molecule has 3 amide bonds. The number of hydrogen-bond donors (Lipinski definition) is 4. The molecule has 3 aromatic carbocycles. The van der Waals surface area contributed by atoms with Gasteiger partial charge in [0, 0.05) is 83.7 Å². The standard InChI is InChI=1S/2C22H19N5O2.C16H14N4O2.C2H3N.CH3Cl/c2*28-21(17-6-7-17)25-22-24-20-5-1-4-19(27(20)26-22)16-8-10-18(11-9-16)29-14-15-3-2-12-23-13-15;21-12-8-6-10(7-9-12)13-2-1-3-14-17-16(19-20(13)14)18-15(22)11-4-5-11;1-2-3;1-2/h2*1-5,8-13,17H,6-7,14H2,(H,25,26,28);1-3,6-9,11,21H,4-5H2,(H,18,19,22);1H3;1H3. The van der Waals surface area contributed by atoms with E-state index in [1.807, 2.05) is 140 Å². The maximum absolute atomic E-state index is 12.0. The van der Waals surface area contributed by atoms with Gasteiger partial charge in [-0.3, -0.25) is 40.3 Å². The zero-order chi connectivity index (χ0) is 59.1. The highest BCUT2D eigenvalue weighted by molar-refractivity contribution is 6.15. The van der Waals surface area contributed by atoms with Crippen LogP contribution in [0.3, 0.4) is 0 Å². The largest absolute Gasteiger partial charge is 0.508 e. The summed E-state index contributed by atoms with van der Waals surface area (Å²) in [7, 11) is 0. The van der Waals surface area contributed by atoms with Crippen LogP contribution in [0.5, 0.6) is 17.2 Å². The van der Waals surface area contributed by atoms with Gasteiger partial charge in [0.1, 0.15) is 30.5 Å². The highest BCUT2D eigenvalue weighted by Crippen LogP contribution is 2.33. The molecule has 3 fully saturated rings. The van der Waals surface area contributed by atoms with Crippen molar-refractivity contribution in [3.05, 3.63) is 188 Å². The van der Waals surface area contributed by atoms with Crippen LogP contribution in [0.1, 0.15) is 56.6 Å². The van der Waals surface area contributed by atoms with Crippen LogP contribution in [0, 0.1) is 29.1 Å². The summed E-state index contributed by atoms with van der Waals surface area (Å²) in [5, 5.41) is 38.4. The summed E-state index contributed by atoms with van der Waals surface area (Å²) >= 11 is 4.64. The Morgan fingerprint density at radius 3 is 1.12 bits per heavy atom. The van der Waals surface area contributed by atoms with E-state index in [9.17, 15) is 19.5 Å². The Balaban J connectivity index is 0.000000138. The van der Waals surface area contributed by atoms with Crippen molar-refractivity contribution in [3.8, 4) is 57.1 Å². The minimum Gasteiger partial charge on any atom is -0.508 e. The molecule has 0 unspecified atom stereocenters. The van der Waals surface area contributed by atoms with Crippen molar-refractivity contribution in [3.63, 3.8) is 0 Å². The number of carbonyl (C=O) groups excluding carboxylic acids is 3. The second-order valence-electron chi connectivity index (χ2n) is 19.8. The van der Waals surface area contributed by atoms with Crippen LogP contribution in [0.25, 0.3) is 50.7 Å². The first kappa shape index (κ1) is 57.6. The number of rotatable bonds is 15. The lowest BCUT2D eigenvalue weighted by Gasteiger charge is -2.08. The number of ether oxygens (including phenoxy) is 2. The SMILES string of the molecule is CC#N.CCl.O=C(Nc1nc2cccc(-c3ccc(O)cc3)n2n1)C1CC1.O=C(Nc1nc2cccc(-c3ccc(OCc4cccnc4)cc3)n2n1)C1CC1.O=C(Nc1nc2cccc(-c3ccc(OCc4cccnc4)cc3)n2n1)C1CC1. The van der Waals surface area contributed by atoms with E-state index < -0.39 is 0 Å². The number of anilines is 3. The number of alkyl halides is 1. The lowest BCUT2D eigenvalue weighted by Crippen LogP contribution is -2.14. The van der Waals surface area contributed by atoms with Gasteiger partial charge < -0.3 is 14.6 Å². The number of halogens is 1. The molecule has 0 saturated heterocycles. The zero-order valence-electron chi connectivity index (χ0n) is 46.4. The number of fused-ring (bicyclic) bond motifs is 3. The predicted molar refractivity (Wildman–Crippen MR) is 321 cm³/mol. The highest BCUT2D eigenvalue weighted by Gasteiger charge is 2.32. The Kier molecular flexibility index (Phi) is 18.6. The second kappa shape index (κ2) is 27.5. The monoisotopic (exact) mass is 1160 g/mol. The predicted octanol–water partition coefficient (Wildman–Crippen LogP) is 11.3. The van der Waals surface area contributed by atoms with Gasteiger partial charge in [0.05, 0.1) is 23.2 Å². The number of nitriles is 1. The third kappa shape index (κ3) is 15.3. The third-order valence-electron chi connectivity index (χ3n) is 13.3. The average Bonchev–Trinajstić information content (AvgIpc) is 3.32. The van der Waals surface area contributed by atoms with Gasteiger partial charge in [0.15, 0.2) is 16.9 Å². The number of aromatic nitrogens is 11. The fourth-order valence-corrected chi connectivity index (χ4v) is 8.58. The second-order valence-corrected chi connectivity index (χ2v) is 19.8. The van der Waals surface area contributed by atoms with Crippen molar-refractivity contribution in [2.75, 3.05) is 22.3 Å². The molecule has 0 aliphatic heterocycles. The lowest BCUT2D eigenvalue weighted by molar-refractivity contribution is -0.118. The van der Waals surface area contributed by atoms with E-state index in [1.165, 1.54) is 13.3 Å². The van der Waals surface area contributed by atoms with Crippen molar-refractivity contribution in [1.82, 2.24) is 53.8 Å². The number of benzene rings is 3. The van der Waals surface area contributed by atoms with Crippen LogP contribution >= 0.6 is 11.6 Å². The Bertz CT molecular complexity index is 3900. The minimum absolute atomic E-state index is 0.00225. The van der Waals surface area contributed by atoms with Gasteiger partial charge >= 0.3 is 0 Å². The maximum Gasteiger partial charge on any atom is 0.249 e. The normalized spacial score (nSPS) is 13.0. The number of pyridine rings is 5. The molecule has 0 atom stereocenters. The summed E-state index contributed by atoms with van der Waals surface area (Å²) in [5.74, 6) is 3.09. The number of hydrogen-bond acceptors (Lipinski definition) is 15. The molecular weight excluding hydrogens is 1100 g/mol. The molecule has 3 aliphatic carbocycles. The summed E-state index contributed by atoms with van der Waals surface area (Å²) in [6.07, 6.45) is 14.2. The summed E-state index contributed by atoms with van der Waals surface area (Å²) in [6.45, 7) is 2.37. The van der Waals surface area contributed by atoms with Gasteiger partial charge in [-0.25, -0.2) is 13.5 Å². The molecule has 4 N–H and O–H groups in total. The topological polar surface area (TPSA) is 266 Å². The van der Waals surface area contributed by atoms with E-state index in [4.69, 9.17) is 14.7 Å². The molecule has 11 aromatic rings. The van der Waals surface area contributed by atoms with Gasteiger partial charge in [-0.15, -0.1) is 26.9 Å². The molecule has 0 radical (unpaired) electrons. The molecule has 428 valence electrons. The maximum atomic E-state index is 12.0. The van der Waals surface area contributed by atoms with Crippen LogP contribution in [0.4, 0.5) is 17.8 Å². The molecule has 85 heavy (non-hydrogen) atoms. The van der Waals surface area contributed by atoms with Crippen molar-refractivity contribution in [2.24, 2.45) is 17.8 Å². The van der Waals surface area contributed by atoms with Crippen LogP contribution in [0.2, 0.25) is 0 Å². The summed E-state index contributed by atoms with van der Waals surface area (Å²) < 4.78 is 16.8. The summed E-state index contributed by atoms with van der Waals surface area (Å²) in [6, 6.07) is 49.2. The first-order chi connectivity index (χ1) is 41.6. The zero-order valence-corrected chi connectivity index (χ0v) is 47.1. The number of phenols is 1. The number of amides is 3. The first-order valence-corrected chi connectivity index (χ1v) is 28.1. The highest BCUT2D eigenvalue weighted by atomic mass is 35.5. The lowest BCUT2D eigenvalue weighted by atomic mass is 10.1. The Morgan fingerprint density at radius 2 is 0.824 bits per heavy atom. The Hall–Kier alpha value is -10.6. The van der Waals surface area contributed by atoms with Gasteiger partial charge in [-0.2, -0.15) is 20.2 Å². The van der Waals surface area contributed by atoms with Crippen LogP contribution in [-0.4, -0.2) is 83.0 Å². The average molecular weight is 1160 g/mol. The van der Waals surface area contributed by atoms with E-state index in [1.54, 1.807) is 56.5 Å². The quantitative estimate of drug-likeness (QED) is 0.0695. The molecule has 8 heterocycles. The smallest absolute Gasteiger partial charge is 0.249 e. The number of nitrogens with zero attached hydrogens (tertiary/aromatic N) is 12. The van der Waals surface area contributed by atoms with Crippen molar-refractivity contribution < 1.29 is 29.0 Å². The van der Waals surface area contributed by atoms with Gasteiger partial charge in [0.25, 0.3) is 0 Å². The van der Waals surface area contributed by atoms with E-state index in [0.29, 0.717) is 48.0 Å². The molecule has 22 heteroatoms. The minimum atomic E-state index is -0.0120. The fourth-order valence-electron chi connectivity index (χ4n) is 8.58. The molecule has 0 bridgehead atoms. The number of phenolic OH excluding ortho intramolecular Hbond substituents is 1. The number of aromatic hydroxyl groups is 1. The van der Waals surface area contributed by atoms with Crippen LogP contribution < -0.4 is 25.4 Å². The van der Waals surface area contributed by atoms with E-state index in [-0.39, 0.29) is 41.2 Å². The van der Waals surface area contributed by atoms with E-state index in [0.717, 1.165) is 94.9 Å².